The van der Waals surface area contributed by atoms with Gasteiger partial charge in [0.1, 0.15) is 12.4 Å². The third kappa shape index (κ3) is 6.61. The van der Waals surface area contributed by atoms with Crippen LogP contribution in [0.15, 0.2) is 23.4 Å². The van der Waals surface area contributed by atoms with Crippen LogP contribution in [0.3, 0.4) is 0 Å². The van der Waals surface area contributed by atoms with Gasteiger partial charge in [0.25, 0.3) is 5.56 Å². The largest absolute Gasteiger partial charge is 0.489 e. The van der Waals surface area contributed by atoms with Crippen LogP contribution < -0.4 is 15.2 Å². The fraction of sp³-hybridized carbons (Fsp3) is 0.556. The summed E-state index contributed by atoms with van der Waals surface area (Å²) in [4.78, 5) is 20.5. The molecule has 1 aliphatic rings. The third-order valence-corrected chi connectivity index (χ3v) is 6.74. The molecule has 33 heavy (non-hydrogen) atoms. The van der Waals surface area contributed by atoms with Crippen molar-refractivity contribution in [1.29, 1.82) is 0 Å². The molecular formula is C18H23F3N6O5S. The van der Waals surface area contributed by atoms with Crippen molar-refractivity contribution in [3.05, 3.63) is 40.1 Å². The average molecular weight is 492 g/mol. The monoisotopic (exact) mass is 492 g/mol. The third-order valence-electron chi connectivity index (χ3n) is 4.91. The minimum atomic E-state index is -4.52. The molecule has 0 saturated carbocycles. The number of rotatable bonds is 9. The fourth-order valence-corrected chi connectivity index (χ4v) is 4.30. The molecule has 0 amide bonds. The van der Waals surface area contributed by atoms with Crippen LogP contribution >= 0.6 is 0 Å². The molecule has 3 rings (SSSR count). The van der Waals surface area contributed by atoms with Crippen molar-refractivity contribution in [3.8, 4) is 5.75 Å². The van der Waals surface area contributed by atoms with Crippen LogP contribution in [0.5, 0.6) is 5.75 Å². The van der Waals surface area contributed by atoms with Crippen LogP contribution in [0.1, 0.15) is 11.1 Å². The van der Waals surface area contributed by atoms with Gasteiger partial charge in [0, 0.05) is 38.6 Å². The Hall–Kier alpha value is -2.78. The number of hydrogen-bond acceptors (Lipinski definition) is 9. The van der Waals surface area contributed by atoms with Crippen molar-refractivity contribution in [3.63, 3.8) is 0 Å². The summed E-state index contributed by atoms with van der Waals surface area (Å²) in [6.07, 6.45) is -1.73. The second kappa shape index (κ2) is 10.4. The first-order chi connectivity index (χ1) is 15.6. The van der Waals surface area contributed by atoms with Gasteiger partial charge < -0.3 is 14.4 Å². The SMILES string of the molecule is Cc1c(OCCOCCS(=O)(=O)N2CCN(c3ncc(C(F)(F)F)cn3)CC2)cn[nH]c1=O. The summed E-state index contributed by atoms with van der Waals surface area (Å²) in [7, 11) is -3.57. The Bertz CT molecular complexity index is 1090. The highest BCUT2D eigenvalue weighted by atomic mass is 32.2. The normalized spacial score (nSPS) is 15.6. The van der Waals surface area contributed by atoms with Gasteiger partial charge in [-0.25, -0.2) is 23.5 Å². The maximum absolute atomic E-state index is 12.6. The molecule has 0 atom stereocenters. The van der Waals surface area contributed by atoms with E-state index in [9.17, 15) is 26.4 Å². The van der Waals surface area contributed by atoms with Crippen LogP contribution in [-0.2, 0) is 20.9 Å². The van der Waals surface area contributed by atoms with E-state index in [0.29, 0.717) is 23.7 Å². The van der Waals surface area contributed by atoms with Gasteiger partial charge in [-0.3, -0.25) is 4.79 Å². The maximum Gasteiger partial charge on any atom is 0.419 e. The zero-order valence-electron chi connectivity index (χ0n) is 17.7. The highest BCUT2D eigenvalue weighted by Crippen LogP contribution is 2.28. The van der Waals surface area contributed by atoms with Crippen molar-refractivity contribution < 1.29 is 31.1 Å². The number of halogens is 3. The van der Waals surface area contributed by atoms with E-state index in [1.165, 1.54) is 10.5 Å². The molecule has 2 aromatic rings. The van der Waals surface area contributed by atoms with Gasteiger partial charge in [-0.15, -0.1) is 0 Å². The maximum atomic E-state index is 12.6. The smallest absolute Gasteiger partial charge is 0.419 e. The number of aromatic nitrogens is 4. The Labute approximate surface area is 187 Å². The number of piperazine rings is 1. The van der Waals surface area contributed by atoms with Crippen LogP contribution in [0.25, 0.3) is 0 Å². The van der Waals surface area contributed by atoms with Crippen LogP contribution in [0.4, 0.5) is 19.1 Å². The van der Waals surface area contributed by atoms with Crippen LogP contribution in [0.2, 0.25) is 0 Å². The summed E-state index contributed by atoms with van der Waals surface area (Å²) in [5, 5.41) is 5.92. The number of H-pyrrole nitrogens is 1. The fourth-order valence-electron chi connectivity index (χ4n) is 2.99. The number of hydrogen-bond donors (Lipinski definition) is 1. The highest BCUT2D eigenvalue weighted by Gasteiger charge is 2.32. The first-order valence-corrected chi connectivity index (χ1v) is 11.6. The first-order valence-electron chi connectivity index (χ1n) is 9.95. The van der Waals surface area contributed by atoms with Gasteiger partial charge in [-0.2, -0.15) is 22.6 Å². The molecule has 2 aromatic heterocycles. The highest BCUT2D eigenvalue weighted by molar-refractivity contribution is 7.89. The predicted molar refractivity (Wildman–Crippen MR) is 111 cm³/mol. The quantitative estimate of drug-likeness (QED) is 0.495. The van der Waals surface area contributed by atoms with Crippen molar-refractivity contribution in [1.82, 2.24) is 24.5 Å². The zero-order valence-corrected chi connectivity index (χ0v) is 18.5. The minimum absolute atomic E-state index is 0.0411. The molecule has 0 bridgehead atoms. The van der Waals surface area contributed by atoms with E-state index >= 15 is 0 Å². The van der Waals surface area contributed by atoms with Gasteiger partial charge in [0.2, 0.25) is 16.0 Å². The van der Waals surface area contributed by atoms with Crippen molar-refractivity contribution in [2.75, 3.05) is 56.7 Å². The van der Waals surface area contributed by atoms with Gasteiger partial charge in [0.15, 0.2) is 0 Å². The molecule has 0 unspecified atom stereocenters. The lowest BCUT2D eigenvalue weighted by atomic mass is 10.3. The van der Waals surface area contributed by atoms with E-state index in [1.54, 1.807) is 11.8 Å². The van der Waals surface area contributed by atoms with Crippen molar-refractivity contribution in [2.24, 2.45) is 0 Å². The van der Waals surface area contributed by atoms with Gasteiger partial charge in [-0.1, -0.05) is 0 Å². The van der Waals surface area contributed by atoms with Gasteiger partial charge >= 0.3 is 6.18 Å². The number of nitrogens with zero attached hydrogens (tertiary/aromatic N) is 5. The molecule has 1 fully saturated rings. The second-order valence-electron chi connectivity index (χ2n) is 7.12. The molecule has 1 saturated heterocycles. The summed E-state index contributed by atoms with van der Waals surface area (Å²) in [6.45, 7) is 2.62. The molecule has 182 valence electrons. The molecule has 11 nitrogen and oxygen atoms in total. The second-order valence-corrected chi connectivity index (χ2v) is 9.21. The summed E-state index contributed by atoms with van der Waals surface area (Å²) in [5.74, 6) is 0.217. The molecule has 0 radical (unpaired) electrons. The van der Waals surface area contributed by atoms with E-state index in [1.807, 2.05) is 0 Å². The Balaban J connectivity index is 1.39. The lowest BCUT2D eigenvalue weighted by Gasteiger charge is -2.34. The van der Waals surface area contributed by atoms with Crippen LogP contribution in [-0.4, -0.2) is 84.6 Å². The standard InChI is InChI=1S/C18H23F3N6O5S/c1-13-15(12-24-25-16(13)28)32-7-6-31-8-9-33(29,30)27-4-2-26(3-5-27)17-22-10-14(11-23-17)18(19,20)21/h10-12H,2-9H2,1H3,(H,25,28). The number of nitrogens with one attached hydrogen (secondary N) is 1. The molecule has 3 heterocycles. The zero-order chi connectivity index (χ0) is 24.1. The average Bonchev–Trinajstić information content (AvgIpc) is 2.78. The van der Waals surface area contributed by atoms with E-state index < -0.39 is 21.8 Å². The number of sulfonamides is 1. The topological polar surface area (TPSA) is 131 Å². The van der Waals surface area contributed by atoms with Gasteiger partial charge in [-0.05, 0) is 6.92 Å². The summed E-state index contributed by atoms with van der Waals surface area (Å²) in [6, 6.07) is 0. The number of ether oxygens (including phenoxy) is 2. The number of alkyl halides is 3. The van der Waals surface area contributed by atoms with E-state index in [2.05, 4.69) is 20.2 Å². The Morgan fingerprint density at radius 3 is 2.36 bits per heavy atom. The molecule has 0 aliphatic carbocycles. The summed E-state index contributed by atoms with van der Waals surface area (Å²) >= 11 is 0. The lowest BCUT2D eigenvalue weighted by Crippen LogP contribution is -2.50. The van der Waals surface area contributed by atoms with Gasteiger partial charge in [0.05, 0.1) is 36.3 Å². The number of anilines is 1. The minimum Gasteiger partial charge on any atom is -0.489 e. The molecule has 0 spiro atoms. The molecular weight excluding hydrogens is 469 g/mol. The first kappa shape index (κ1) is 24.9. The molecule has 1 N–H and O–H groups in total. The van der Waals surface area contributed by atoms with E-state index in [-0.39, 0.29) is 63.3 Å². The molecule has 0 aromatic carbocycles. The molecule has 1 aliphatic heterocycles. The lowest BCUT2D eigenvalue weighted by molar-refractivity contribution is -0.138. The van der Waals surface area contributed by atoms with E-state index in [4.69, 9.17) is 9.47 Å². The number of aromatic amines is 1. The van der Waals surface area contributed by atoms with Crippen molar-refractivity contribution >= 4 is 16.0 Å². The summed E-state index contributed by atoms with van der Waals surface area (Å²) < 4.78 is 74.9. The Morgan fingerprint density at radius 1 is 1.06 bits per heavy atom. The molecule has 15 heteroatoms. The van der Waals surface area contributed by atoms with Crippen LogP contribution in [0, 0.1) is 6.92 Å². The van der Waals surface area contributed by atoms with E-state index in [0.717, 1.165) is 0 Å². The predicted octanol–water partition coefficient (Wildman–Crippen LogP) is 0.435. The van der Waals surface area contributed by atoms with Crippen molar-refractivity contribution in [2.45, 2.75) is 13.1 Å². The Kier molecular flexibility index (Phi) is 7.86. The summed E-state index contributed by atoms with van der Waals surface area (Å²) in [5.41, 5.74) is -0.917. The Morgan fingerprint density at radius 2 is 1.73 bits per heavy atom.